The Kier molecular flexibility index (Phi) is 8.38. The van der Waals surface area contributed by atoms with E-state index in [4.69, 9.17) is 0 Å². The van der Waals surface area contributed by atoms with E-state index in [0.29, 0.717) is 29.9 Å². The number of likely N-dealkylation sites (N-methyl/N-ethyl adjacent to an activating group) is 1. The zero-order valence-corrected chi connectivity index (χ0v) is 20.6. The Balaban J connectivity index is 1.48. The Morgan fingerprint density at radius 3 is 2.42 bits per heavy atom. The molecule has 1 saturated heterocycles. The standard InChI is InChI=1S/C27H26F4N4O3/c1-34-10-12-35(13-11-34)17-26(37)33-23-15-19(7-9-25(23)38-27(29,30)31)24(36)14-18-6-8-22(32-16-18)20-4-2-3-5-21(20)28/h2-9,15-16H,10-14,17H2,1H3,(H,33,37). The van der Waals surface area contributed by atoms with Crippen LogP contribution < -0.4 is 10.1 Å². The topological polar surface area (TPSA) is 74.8 Å². The number of benzene rings is 2. The first-order valence-electron chi connectivity index (χ1n) is 11.9. The van der Waals surface area contributed by atoms with Gasteiger partial charge in [-0.05, 0) is 49.0 Å². The van der Waals surface area contributed by atoms with E-state index >= 15 is 0 Å². The zero-order valence-electron chi connectivity index (χ0n) is 20.6. The van der Waals surface area contributed by atoms with Crippen LogP contribution in [0.4, 0.5) is 23.2 Å². The number of halogens is 4. The molecule has 1 N–H and O–H groups in total. The fraction of sp³-hybridized carbons (Fsp3) is 0.296. The lowest BCUT2D eigenvalue weighted by molar-refractivity contribution is -0.274. The second-order valence-corrected chi connectivity index (χ2v) is 9.02. The monoisotopic (exact) mass is 530 g/mol. The van der Waals surface area contributed by atoms with Crippen LogP contribution in [0.15, 0.2) is 60.8 Å². The number of nitrogens with one attached hydrogen (secondary N) is 1. The van der Waals surface area contributed by atoms with Crippen LogP contribution in [0.3, 0.4) is 0 Å². The van der Waals surface area contributed by atoms with E-state index < -0.39 is 29.6 Å². The molecule has 7 nitrogen and oxygen atoms in total. The van der Waals surface area contributed by atoms with Crippen LogP contribution in [0, 0.1) is 5.82 Å². The molecule has 200 valence electrons. The van der Waals surface area contributed by atoms with Gasteiger partial charge in [-0.15, -0.1) is 13.2 Å². The summed E-state index contributed by atoms with van der Waals surface area (Å²) >= 11 is 0. The number of hydrogen-bond donors (Lipinski definition) is 1. The van der Waals surface area contributed by atoms with E-state index in [0.717, 1.165) is 19.2 Å². The molecule has 1 aliphatic rings. The molecule has 0 atom stereocenters. The SMILES string of the molecule is CN1CCN(CC(=O)Nc2cc(C(=O)Cc3ccc(-c4ccccc4F)nc3)ccc2OC(F)(F)F)CC1. The minimum Gasteiger partial charge on any atom is -0.404 e. The summed E-state index contributed by atoms with van der Waals surface area (Å²) in [6.07, 6.45) is -3.63. The average Bonchev–Trinajstić information content (AvgIpc) is 2.86. The molecule has 38 heavy (non-hydrogen) atoms. The summed E-state index contributed by atoms with van der Waals surface area (Å²) in [5, 5.41) is 2.46. The van der Waals surface area contributed by atoms with Crippen molar-refractivity contribution in [2.24, 2.45) is 0 Å². The Morgan fingerprint density at radius 1 is 1.03 bits per heavy atom. The Labute approximate surface area is 217 Å². The molecule has 0 radical (unpaired) electrons. The summed E-state index contributed by atoms with van der Waals surface area (Å²) in [6, 6.07) is 12.8. The first-order chi connectivity index (χ1) is 18.1. The number of ketones is 1. The van der Waals surface area contributed by atoms with Gasteiger partial charge in [-0.25, -0.2) is 4.39 Å². The van der Waals surface area contributed by atoms with Crippen molar-refractivity contribution in [3.05, 3.63) is 77.7 Å². The highest BCUT2D eigenvalue weighted by molar-refractivity contribution is 6.00. The largest absolute Gasteiger partial charge is 0.573 e. The number of amides is 1. The van der Waals surface area contributed by atoms with Crippen LogP contribution in [-0.2, 0) is 11.2 Å². The molecule has 0 aliphatic carbocycles. The summed E-state index contributed by atoms with van der Waals surface area (Å²) in [7, 11) is 1.97. The van der Waals surface area contributed by atoms with Gasteiger partial charge in [0.15, 0.2) is 11.5 Å². The van der Waals surface area contributed by atoms with Crippen LogP contribution >= 0.6 is 0 Å². The number of alkyl halides is 3. The van der Waals surface area contributed by atoms with Crippen LogP contribution in [0.5, 0.6) is 5.75 Å². The highest BCUT2D eigenvalue weighted by atomic mass is 19.4. The van der Waals surface area contributed by atoms with Crippen molar-refractivity contribution in [2.75, 3.05) is 45.1 Å². The highest BCUT2D eigenvalue weighted by Crippen LogP contribution is 2.32. The fourth-order valence-corrected chi connectivity index (χ4v) is 4.06. The quantitative estimate of drug-likeness (QED) is 0.344. The number of rotatable bonds is 8. The van der Waals surface area contributed by atoms with Gasteiger partial charge in [0, 0.05) is 49.9 Å². The predicted molar refractivity (Wildman–Crippen MR) is 133 cm³/mol. The van der Waals surface area contributed by atoms with E-state index in [-0.39, 0.29) is 24.2 Å². The van der Waals surface area contributed by atoms with Crippen molar-refractivity contribution in [3.63, 3.8) is 0 Å². The number of carbonyl (C=O) groups excluding carboxylic acids is 2. The number of hydrogen-bond acceptors (Lipinski definition) is 6. The summed E-state index contributed by atoms with van der Waals surface area (Å²) in [5.41, 5.74) is 1.10. The van der Waals surface area contributed by atoms with E-state index in [1.165, 1.54) is 24.4 Å². The molecule has 0 spiro atoms. The predicted octanol–water partition coefficient (Wildman–Crippen LogP) is 4.40. The Bertz CT molecular complexity index is 1290. The molecule has 1 amide bonds. The molecule has 1 aliphatic heterocycles. The van der Waals surface area contributed by atoms with Crippen LogP contribution in [0.25, 0.3) is 11.3 Å². The average molecular weight is 531 g/mol. The molecule has 4 rings (SSSR count). The molecule has 1 fully saturated rings. The summed E-state index contributed by atoms with van der Waals surface area (Å²) in [6.45, 7) is 2.85. The minimum atomic E-state index is -4.98. The van der Waals surface area contributed by atoms with Crippen LogP contribution in [-0.4, -0.2) is 72.6 Å². The van der Waals surface area contributed by atoms with Gasteiger partial charge in [0.25, 0.3) is 0 Å². The van der Waals surface area contributed by atoms with Gasteiger partial charge >= 0.3 is 6.36 Å². The smallest absolute Gasteiger partial charge is 0.404 e. The first-order valence-corrected chi connectivity index (χ1v) is 11.9. The van der Waals surface area contributed by atoms with Gasteiger partial charge < -0.3 is 15.0 Å². The third-order valence-corrected chi connectivity index (χ3v) is 6.10. The lowest BCUT2D eigenvalue weighted by Gasteiger charge is -2.31. The maximum Gasteiger partial charge on any atom is 0.573 e. The third kappa shape index (κ3) is 7.36. The lowest BCUT2D eigenvalue weighted by atomic mass is 10.0. The van der Waals surface area contributed by atoms with Crippen molar-refractivity contribution >= 4 is 17.4 Å². The number of ether oxygens (including phenoxy) is 1. The molecular formula is C27H26F4N4O3. The number of nitrogens with zero attached hydrogens (tertiary/aromatic N) is 3. The number of anilines is 1. The first kappa shape index (κ1) is 27.2. The summed E-state index contributed by atoms with van der Waals surface area (Å²) in [5.74, 6) is -1.96. The molecule has 0 bridgehead atoms. The van der Waals surface area contributed by atoms with Crippen molar-refractivity contribution < 1.29 is 31.9 Å². The fourth-order valence-electron chi connectivity index (χ4n) is 4.06. The molecule has 2 aromatic carbocycles. The van der Waals surface area contributed by atoms with Crippen molar-refractivity contribution in [1.82, 2.24) is 14.8 Å². The normalized spacial score (nSPS) is 14.8. The number of carbonyl (C=O) groups is 2. The second kappa shape index (κ2) is 11.7. The molecule has 2 heterocycles. The van der Waals surface area contributed by atoms with Gasteiger partial charge in [0.2, 0.25) is 5.91 Å². The van der Waals surface area contributed by atoms with E-state index in [9.17, 15) is 27.2 Å². The lowest BCUT2D eigenvalue weighted by Crippen LogP contribution is -2.47. The Hall–Kier alpha value is -3.83. The summed E-state index contributed by atoms with van der Waals surface area (Å²) in [4.78, 5) is 33.8. The van der Waals surface area contributed by atoms with Gasteiger partial charge in [-0.1, -0.05) is 18.2 Å². The molecule has 3 aromatic rings. The van der Waals surface area contributed by atoms with Crippen molar-refractivity contribution in [1.29, 1.82) is 0 Å². The number of piperazine rings is 1. The second-order valence-electron chi connectivity index (χ2n) is 9.02. The maximum atomic E-state index is 14.0. The van der Waals surface area contributed by atoms with Crippen molar-refractivity contribution in [2.45, 2.75) is 12.8 Å². The van der Waals surface area contributed by atoms with Crippen LogP contribution in [0.1, 0.15) is 15.9 Å². The Morgan fingerprint density at radius 2 is 1.76 bits per heavy atom. The molecule has 0 unspecified atom stereocenters. The zero-order chi connectivity index (χ0) is 27.3. The van der Waals surface area contributed by atoms with Crippen LogP contribution in [0.2, 0.25) is 0 Å². The number of aromatic nitrogens is 1. The van der Waals surface area contributed by atoms with Gasteiger partial charge in [-0.2, -0.15) is 0 Å². The molecule has 11 heteroatoms. The van der Waals surface area contributed by atoms with E-state index in [2.05, 4.69) is 19.9 Å². The summed E-state index contributed by atoms with van der Waals surface area (Å²) < 4.78 is 56.9. The maximum absolute atomic E-state index is 14.0. The molecule has 1 aromatic heterocycles. The molecular weight excluding hydrogens is 504 g/mol. The van der Waals surface area contributed by atoms with Gasteiger partial charge in [-0.3, -0.25) is 19.5 Å². The van der Waals surface area contributed by atoms with Gasteiger partial charge in [0.05, 0.1) is 17.9 Å². The molecule has 0 saturated carbocycles. The minimum absolute atomic E-state index is 0.00248. The van der Waals surface area contributed by atoms with Crippen molar-refractivity contribution in [3.8, 4) is 17.0 Å². The highest BCUT2D eigenvalue weighted by Gasteiger charge is 2.32. The third-order valence-electron chi connectivity index (χ3n) is 6.10. The van der Waals surface area contributed by atoms with E-state index in [1.807, 2.05) is 11.9 Å². The number of pyridine rings is 1. The number of Topliss-reactive ketones (excluding diaryl/α,β-unsaturated/α-hetero) is 1. The van der Waals surface area contributed by atoms with Gasteiger partial charge in [0.1, 0.15) is 5.82 Å². The van der Waals surface area contributed by atoms with E-state index in [1.54, 1.807) is 30.3 Å².